The molecule has 0 aromatic heterocycles. The Hall–Kier alpha value is -2.31. The van der Waals surface area contributed by atoms with Gasteiger partial charge in [-0.2, -0.15) is 0 Å². The molecule has 0 unspecified atom stereocenters. The quantitative estimate of drug-likeness (QED) is 0.581. The molecule has 0 atom stereocenters. The van der Waals surface area contributed by atoms with E-state index in [4.69, 9.17) is 9.84 Å². The van der Waals surface area contributed by atoms with Crippen molar-refractivity contribution in [3.05, 3.63) is 28.3 Å². The number of carboxylic acids is 1. The van der Waals surface area contributed by atoms with Crippen LogP contribution in [-0.4, -0.2) is 36.2 Å². The van der Waals surface area contributed by atoms with Gasteiger partial charge in [0.05, 0.1) is 24.0 Å². The number of nitro groups is 1. The van der Waals surface area contributed by atoms with E-state index in [0.717, 1.165) is 6.42 Å². The van der Waals surface area contributed by atoms with E-state index in [1.165, 1.54) is 12.1 Å². The first-order valence-electron chi connectivity index (χ1n) is 6.29. The van der Waals surface area contributed by atoms with Crippen molar-refractivity contribution in [1.82, 2.24) is 0 Å². The lowest BCUT2D eigenvalue weighted by atomic mass is 10.2. The minimum Gasteiger partial charge on any atom is -0.493 e. The minimum absolute atomic E-state index is 0.0374. The third kappa shape index (κ3) is 4.75. The largest absolute Gasteiger partial charge is 0.493 e. The molecule has 0 heterocycles. The van der Waals surface area contributed by atoms with Crippen LogP contribution in [0.25, 0.3) is 0 Å². The Kier molecular flexibility index (Phi) is 5.76. The van der Waals surface area contributed by atoms with Crippen molar-refractivity contribution in [2.24, 2.45) is 0 Å². The van der Waals surface area contributed by atoms with Gasteiger partial charge in [-0.3, -0.25) is 14.9 Å². The Labute approximate surface area is 116 Å². The standard InChI is InChI=1S/C13H18N2O5/c1-3-6-20-12-8-10(7-11(9-12)15(18)19)14(2)5-4-13(16)17/h7-9H,3-6H2,1-2H3,(H,16,17). The van der Waals surface area contributed by atoms with Crippen LogP contribution in [0.1, 0.15) is 19.8 Å². The number of benzene rings is 1. The van der Waals surface area contributed by atoms with Crippen LogP contribution in [-0.2, 0) is 4.79 Å². The van der Waals surface area contributed by atoms with E-state index < -0.39 is 10.9 Å². The molecule has 7 heteroatoms. The number of non-ortho nitro benzene ring substituents is 1. The summed E-state index contributed by atoms with van der Waals surface area (Å²) in [5.41, 5.74) is 0.488. The Morgan fingerprint density at radius 2 is 2.15 bits per heavy atom. The molecule has 1 rings (SSSR count). The summed E-state index contributed by atoms with van der Waals surface area (Å²) in [6, 6.07) is 4.44. The molecule has 20 heavy (non-hydrogen) atoms. The Morgan fingerprint density at radius 3 is 2.70 bits per heavy atom. The van der Waals surface area contributed by atoms with Crippen molar-refractivity contribution >= 4 is 17.3 Å². The zero-order valence-corrected chi connectivity index (χ0v) is 11.5. The first-order chi connectivity index (χ1) is 9.43. The maximum Gasteiger partial charge on any atom is 0.305 e. The Morgan fingerprint density at radius 1 is 1.45 bits per heavy atom. The molecule has 0 bridgehead atoms. The topological polar surface area (TPSA) is 92.9 Å². The highest BCUT2D eigenvalue weighted by Crippen LogP contribution is 2.28. The predicted molar refractivity (Wildman–Crippen MR) is 74.4 cm³/mol. The second kappa shape index (κ2) is 7.32. The summed E-state index contributed by atoms with van der Waals surface area (Å²) >= 11 is 0. The fourth-order valence-electron chi connectivity index (χ4n) is 1.59. The molecular formula is C13H18N2O5. The van der Waals surface area contributed by atoms with Crippen LogP contribution < -0.4 is 9.64 Å². The zero-order valence-electron chi connectivity index (χ0n) is 11.5. The fourth-order valence-corrected chi connectivity index (χ4v) is 1.59. The molecule has 0 aliphatic rings. The van der Waals surface area contributed by atoms with Gasteiger partial charge in [0.15, 0.2) is 0 Å². The highest BCUT2D eigenvalue weighted by Gasteiger charge is 2.13. The Bertz CT molecular complexity index is 490. The molecule has 1 aromatic rings. The van der Waals surface area contributed by atoms with Crippen molar-refractivity contribution in [3.63, 3.8) is 0 Å². The maximum atomic E-state index is 10.9. The summed E-state index contributed by atoms with van der Waals surface area (Å²) in [4.78, 5) is 22.6. The summed E-state index contributed by atoms with van der Waals surface area (Å²) < 4.78 is 5.41. The van der Waals surface area contributed by atoms with Gasteiger partial charge in [-0.25, -0.2) is 0 Å². The van der Waals surface area contributed by atoms with Crippen LogP contribution >= 0.6 is 0 Å². The number of nitro benzene ring substituents is 1. The average Bonchev–Trinajstić information content (AvgIpc) is 2.41. The number of hydrogen-bond acceptors (Lipinski definition) is 5. The molecular weight excluding hydrogens is 264 g/mol. The number of aliphatic carboxylic acids is 1. The van der Waals surface area contributed by atoms with E-state index in [1.807, 2.05) is 6.92 Å². The number of ether oxygens (including phenoxy) is 1. The third-order valence-corrected chi connectivity index (χ3v) is 2.66. The summed E-state index contributed by atoms with van der Waals surface area (Å²) in [6.45, 7) is 2.68. The van der Waals surface area contributed by atoms with Gasteiger partial charge in [0, 0.05) is 31.4 Å². The minimum atomic E-state index is -0.912. The number of carboxylic acid groups (broad SMARTS) is 1. The lowest BCUT2D eigenvalue weighted by Crippen LogP contribution is -2.21. The second-order valence-electron chi connectivity index (χ2n) is 4.36. The van der Waals surface area contributed by atoms with Gasteiger partial charge in [0.25, 0.3) is 5.69 Å². The molecule has 0 amide bonds. The normalized spacial score (nSPS) is 10.1. The number of carbonyl (C=O) groups is 1. The molecule has 110 valence electrons. The van der Waals surface area contributed by atoms with Crippen molar-refractivity contribution < 1.29 is 19.6 Å². The summed E-state index contributed by atoms with van der Waals surface area (Å²) in [5, 5.41) is 19.6. The van der Waals surface area contributed by atoms with Crippen molar-refractivity contribution in [2.75, 3.05) is 25.1 Å². The molecule has 7 nitrogen and oxygen atoms in total. The molecule has 0 saturated heterocycles. The zero-order chi connectivity index (χ0) is 15.1. The lowest BCUT2D eigenvalue weighted by Gasteiger charge is -2.19. The van der Waals surface area contributed by atoms with Gasteiger partial charge in [-0.1, -0.05) is 6.92 Å². The van der Waals surface area contributed by atoms with Crippen LogP contribution in [0.4, 0.5) is 11.4 Å². The van der Waals surface area contributed by atoms with Gasteiger partial charge < -0.3 is 14.7 Å². The molecule has 0 saturated carbocycles. The predicted octanol–water partition coefficient (Wildman–Crippen LogP) is 2.29. The first-order valence-corrected chi connectivity index (χ1v) is 6.29. The third-order valence-electron chi connectivity index (χ3n) is 2.66. The number of hydrogen-bond donors (Lipinski definition) is 1. The molecule has 0 fully saturated rings. The van der Waals surface area contributed by atoms with Gasteiger partial charge in [0.1, 0.15) is 5.75 Å². The number of anilines is 1. The van der Waals surface area contributed by atoms with E-state index in [1.54, 1.807) is 18.0 Å². The second-order valence-corrected chi connectivity index (χ2v) is 4.36. The molecule has 1 N–H and O–H groups in total. The summed E-state index contributed by atoms with van der Waals surface area (Å²) in [6.07, 6.45) is 0.761. The van der Waals surface area contributed by atoms with Gasteiger partial charge >= 0.3 is 5.97 Å². The first kappa shape index (κ1) is 15.7. The van der Waals surface area contributed by atoms with E-state index in [0.29, 0.717) is 18.0 Å². The van der Waals surface area contributed by atoms with Crippen molar-refractivity contribution in [3.8, 4) is 5.75 Å². The maximum absolute atomic E-state index is 10.9. The molecule has 0 aliphatic carbocycles. The average molecular weight is 282 g/mol. The monoisotopic (exact) mass is 282 g/mol. The van der Waals surface area contributed by atoms with Crippen molar-refractivity contribution in [2.45, 2.75) is 19.8 Å². The SMILES string of the molecule is CCCOc1cc(N(C)CCC(=O)O)cc([N+](=O)[O-])c1. The number of rotatable bonds is 8. The van der Waals surface area contributed by atoms with Gasteiger partial charge in [0.2, 0.25) is 0 Å². The van der Waals surface area contributed by atoms with E-state index >= 15 is 0 Å². The summed E-state index contributed by atoms with van der Waals surface area (Å²) in [5.74, 6) is -0.497. The lowest BCUT2D eigenvalue weighted by molar-refractivity contribution is -0.384. The highest BCUT2D eigenvalue weighted by atomic mass is 16.6. The summed E-state index contributed by atoms with van der Waals surface area (Å²) in [7, 11) is 1.69. The van der Waals surface area contributed by atoms with E-state index in [-0.39, 0.29) is 18.7 Å². The van der Waals surface area contributed by atoms with Crippen LogP contribution in [0, 0.1) is 10.1 Å². The molecule has 0 radical (unpaired) electrons. The van der Waals surface area contributed by atoms with Gasteiger partial charge in [-0.15, -0.1) is 0 Å². The highest BCUT2D eigenvalue weighted by molar-refractivity contribution is 5.68. The van der Waals surface area contributed by atoms with Crippen molar-refractivity contribution in [1.29, 1.82) is 0 Å². The van der Waals surface area contributed by atoms with Crippen LogP contribution in [0.5, 0.6) is 5.75 Å². The van der Waals surface area contributed by atoms with E-state index in [9.17, 15) is 14.9 Å². The van der Waals surface area contributed by atoms with E-state index in [2.05, 4.69) is 0 Å². The van der Waals surface area contributed by atoms with Crippen LogP contribution in [0.2, 0.25) is 0 Å². The van der Waals surface area contributed by atoms with Crippen LogP contribution in [0.3, 0.4) is 0 Å². The molecule has 1 aromatic carbocycles. The Balaban J connectivity index is 2.95. The fraction of sp³-hybridized carbons (Fsp3) is 0.462. The number of nitrogens with zero attached hydrogens (tertiary/aromatic N) is 2. The molecule has 0 spiro atoms. The smallest absolute Gasteiger partial charge is 0.305 e. The van der Waals surface area contributed by atoms with Crippen LogP contribution in [0.15, 0.2) is 18.2 Å². The van der Waals surface area contributed by atoms with Gasteiger partial charge in [-0.05, 0) is 6.42 Å². The molecule has 0 aliphatic heterocycles.